The number of imidazole rings is 1. The summed E-state index contributed by atoms with van der Waals surface area (Å²) in [5.74, 6) is 1.66. The lowest BCUT2D eigenvalue weighted by Gasteiger charge is -2.15. The minimum atomic E-state index is -0.125. The predicted molar refractivity (Wildman–Crippen MR) is 103 cm³/mol. The molecule has 0 saturated heterocycles. The van der Waals surface area contributed by atoms with E-state index in [0.717, 1.165) is 24.8 Å². The molecule has 4 rings (SSSR count). The Morgan fingerprint density at radius 2 is 2.04 bits per heavy atom. The zero-order chi connectivity index (χ0) is 19.3. The SMILES string of the molecule is CCc1noc(-c2ccc(-n3cnc(C(=O)NC4CCCCCC4)c3)nc2)n1. The van der Waals surface area contributed by atoms with E-state index < -0.39 is 0 Å². The molecule has 28 heavy (non-hydrogen) atoms. The van der Waals surface area contributed by atoms with Gasteiger partial charge in [0.25, 0.3) is 11.8 Å². The molecular weight excluding hydrogens is 356 g/mol. The molecule has 0 aromatic carbocycles. The highest BCUT2D eigenvalue weighted by atomic mass is 16.5. The molecule has 0 atom stereocenters. The Morgan fingerprint density at radius 1 is 1.21 bits per heavy atom. The van der Waals surface area contributed by atoms with Gasteiger partial charge in [-0.15, -0.1) is 0 Å². The number of aromatic nitrogens is 5. The molecule has 1 amide bonds. The van der Waals surface area contributed by atoms with Crippen LogP contribution in [0.3, 0.4) is 0 Å². The molecule has 1 fully saturated rings. The van der Waals surface area contributed by atoms with Crippen LogP contribution in [0.5, 0.6) is 0 Å². The lowest BCUT2D eigenvalue weighted by molar-refractivity contribution is 0.0928. The van der Waals surface area contributed by atoms with Crippen molar-refractivity contribution in [2.75, 3.05) is 0 Å². The molecular formula is C20H24N6O2. The minimum Gasteiger partial charge on any atom is -0.348 e. The van der Waals surface area contributed by atoms with Gasteiger partial charge in [0.05, 0.1) is 5.56 Å². The van der Waals surface area contributed by atoms with Gasteiger partial charge in [-0.05, 0) is 25.0 Å². The van der Waals surface area contributed by atoms with Gasteiger partial charge in [-0.25, -0.2) is 9.97 Å². The fourth-order valence-electron chi connectivity index (χ4n) is 3.43. The third-order valence-corrected chi connectivity index (χ3v) is 5.05. The van der Waals surface area contributed by atoms with Crippen LogP contribution < -0.4 is 5.32 Å². The molecule has 0 aliphatic heterocycles. The maximum atomic E-state index is 12.5. The van der Waals surface area contributed by atoms with E-state index in [1.165, 1.54) is 25.7 Å². The number of rotatable bonds is 5. The molecule has 0 spiro atoms. The fourth-order valence-corrected chi connectivity index (χ4v) is 3.43. The van der Waals surface area contributed by atoms with Crippen molar-refractivity contribution in [2.45, 2.75) is 57.9 Å². The number of carbonyl (C=O) groups excluding carboxylic acids is 1. The Kier molecular flexibility index (Phi) is 5.45. The van der Waals surface area contributed by atoms with Crippen LogP contribution in [0.25, 0.3) is 17.3 Å². The molecule has 3 aromatic rings. The van der Waals surface area contributed by atoms with Gasteiger partial charge in [0, 0.05) is 24.9 Å². The van der Waals surface area contributed by atoms with Crippen LogP contribution in [0.4, 0.5) is 0 Å². The van der Waals surface area contributed by atoms with Crippen molar-refractivity contribution < 1.29 is 9.32 Å². The van der Waals surface area contributed by atoms with Crippen LogP contribution in [0.1, 0.15) is 61.8 Å². The van der Waals surface area contributed by atoms with E-state index in [-0.39, 0.29) is 11.9 Å². The van der Waals surface area contributed by atoms with Crippen molar-refractivity contribution in [2.24, 2.45) is 0 Å². The minimum absolute atomic E-state index is 0.125. The fraction of sp³-hybridized carbons (Fsp3) is 0.450. The molecule has 1 N–H and O–H groups in total. The highest BCUT2D eigenvalue weighted by Gasteiger charge is 2.18. The Balaban J connectivity index is 1.44. The molecule has 146 valence electrons. The third-order valence-electron chi connectivity index (χ3n) is 5.05. The maximum absolute atomic E-state index is 12.5. The molecule has 0 bridgehead atoms. The second-order valence-corrected chi connectivity index (χ2v) is 7.10. The summed E-state index contributed by atoms with van der Waals surface area (Å²) >= 11 is 0. The van der Waals surface area contributed by atoms with Crippen molar-refractivity contribution in [1.29, 1.82) is 0 Å². The average molecular weight is 380 g/mol. The summed E-state index contributed by atoms with van der Waals surface area (Å²) in [6.07, 6.45) is 12.7. The number of amides is 1. The van der Waals surface area contributed by atoms with Gasteiger partial charge in [0.2, 0.25) is 0 Å². The monoisotopic (exact) mass is 380 g/mol. The van der Waals surface area contributed by atoms with Crippen LogP contribution in [0.2, 0.25) is 0 Å². The molecule has 1 saturated carbocycles. The highest BCUT2D eigenvalue weighted by molar-refractivity contribution is 5.92. The van der Waals surface area contributed by atoms with Crippen molar-refractivity contribution in [3.05, 3.63) is 42.4 Å². The normalized spacial score (nSPS) is 15.3. The highest BCUT2D eigenvalue weighted by Crippen LogP contribution is 2.19. The van der Waals surface area contributed by atoms with E-state index in [1.807, 2.05) is 19.1 Å². The summed E-state index contributed by atoms with van der Waals surface area (Å²) in [5.41, 5.74) is 1.15. The number of aryl methyl sites for hydroxylation is 1. The van der Waals surface area contributed by atoms with E-state index in [1.54, 1.807) is 23.3 Å². The Hall–Kier alpha value is -3.03. The first-order valence-electron chi connectivity index (χ1n) is 9.87. The van der Waals surface area contributed by atoms with Gasteiger partial charge in [-0.3, -0.25) is 9.36 Å². The van der Waals surface area contributed by atoms with Gasteiger partial charge in [-0.1, -0.05) is 37.8 Å². The standard InChI is InChI=1S/C20H24N6O2/c1-2-17-24-20(28-25-17)14-9-10-18(21-11-14)26-12-16(22-13-26)19(27)23-15-7-5-3-4-6-8-15/h9-13,15H,2-8H2,1H3,(H,23,27). The first kappa shape index (κ1) is 18.3. The lowest BCUT2D eigenvalue weighted by Crippen LogP contribution is -2.34. The third kappa shape index (κ3) is 4.11. The second kappa shape index (κ2) is 8.33. The zero-order valence-corrected chi connectivity index (χ0v) is 16.0. The molecule has 1 aliphatic carbocycles. The van der Waals surface area contributed by atoms with Gasteiger partial charge < -0.3 is 9.84 Å². The summed E-state index contributed by atoms with van der Waals surface area (Å²) < 4.78 is 6.96. The number of hydrogen-bond acceptors (Lipinski definition) is 6. The summed E-state index contributed by atoms with van der Waals surface area (Å²) in [4.78, 5) is 25.5. The Bertz CT molecular complexity index is 922. The predicted octanol–water partition coefficient (Wildman–Crippen LogP) is 3.33. The largest absolute Gasteiger partial charge is 0.348 e. The van der Waals surface area contributed by atoms with Crippen LogP contribution in [0, 0.1) is 0 Å². The quantitative estimate of drug-likeness (QED) is 0.682. The zero-order valence-electron chi connectivity index (χ0n) is 16.0. The molecule has 3 aromatic heterocycles. The van der Waals surface area contributed by atoms with E-state index in [2.05, 4.69) is 25.4 Å². The van der Waals surface area contributed by atoms with E-state index >= 15 is 0 Å². The maximum Gasteiger partial charge on any atom is 0.271 e. The molecule has 1 aliphatic rings. The summed E-state index contributed by atoms with van der Waals surface area (Å²) in [5, 5.41) is 7.01. The molecule has 8 nitrogen and oxygen atoms in total. The number of hydrogen-bond donors (Lipinski definition) is 1. The van der Waals surface area contributed by atoms with Crippen molar-refractivity contribution >= 4 is 5.91 Å². The first-order valence-corrected chi connectivity index (χ1v) is 9.87. The summed E-state index contributed by atoms with van der Waals surface area (Å²) in [6.45, 7) is 1.97. The van der Waals surface area contributed by atoms with Gasteiger partial charge in [0.15, 0.2) is 5.82 Å². The summed E-state index contributed by atoms with van der Waals surface area (Å²) in [7, 11) is 0. The second-order valence-electron chi connectivity index (χ2n) is 7.10. The van der Waals surface area contributed by atoms with Crippen molar-refractivity contribution in [3.63, 3.8) is 0 Å². The smallest absolute Gasteiger partial charge is 0.271 e. The van der Waals surface area contributed by atoms with Crippen LogP contribution in [-0.4, -0.2) is 36.6 Å². The van der Waals surface area contributed by atoms with Gasteiger partial charge in [-0.2, -0.15) is 4.98 Å². The number of carbonyl (C=O) groups is 1. The number of nitrogens with zero attached hydrogens (tertiary/aromatic N) is 5. The van der Waals surface area contributed by atoms with Gasteiger partial charge >= 0.3 is 0 Å². The van der Waals surface area contributed by atoms with E-state index in [4.69, 9.17) is 4.52 Å². The van der Waals surface area contributed by atoms with Crippen LogP contribution >= 0.6 is 0 Å². The Morgan fingerprint density at radius 3 is 2.71 bits per heavy atom. The molecule has 3 heterocycles. The first-order chi connectivity index (χ1) is 13.7. The topological polar surface area (TPSA) is 98.7 Å². The molecule has 0 unspecified atom stereocenters. The molecule has 0 radical (unpaired) electrons. The lowest BCUT2D eigenvalue weighted by atomic mass is 10.1. The van der Waals surface area contributed by atoms with Crippen molar-refractivity contribution in [3.8, 4) is 17.3 Å². The average Bonchev–Trinajstić information content (AvgIpc) is 3.34. The summed E-state index contributed by atoms with van der Waals surface area (Å²) in [6, 6.07) is 3.94. The Labute approximate surface area is 163 Å². The van der Waals surface area contributed by atoms with Gasteiger partial charge in [0.1, 0.15) is 17.8 Å². The molecule has 8 heteroatoms. The van der Waals surface area contributed by atoms with Crippen LogP contribution in [0.15, 0.2) is 35.4 Å². The number of pyridine rings is 1. The number of nitrogens with one attached hydrogen (secondary N) is 1. The van der Waals surface area contributed by atoms with E-state index in [9.17, 15) is 4.79 Å². The van der Waals surface area contributed by atoms with Crippen LogP contribution in [-0.2, 0) is 6.42 Å². The van der Waals surface area contributed by atoms with E-state index in [0.29, 0.717) is 23.2 Å². The van der Waals surface area contributed by atoms with Crippen molar-refractivity contribution in [1.82, 2.24) is 30.0 Å².